The summed E-state index contributed by atoms with van der Waals surface area (Å²) in [6, 6.07) is 10.3. The number of ether oxygens (including phenoxy) is 1. The molecule has 1 amide bonds. The summed E-state index contributed by atoms with van der Waals surface area (Å²) in [7, 11) is -9.69. The van der Waals surface area contributed by atoms with Gasteiger partial charge in [-0.15, -0.1) is 0 Å². The lowest BCUT2D eigenvalue weighted by Gasteiger charge is -2.19. The average Bonchev–Trinajstić information content (AvgIpc) is 2.75. The minimum Gasteiger partial charge on any atom is -0.456 e. The van der Waals surface area contributed by atoms with Gasteiger partial charge >= 0.3 is 0 Å². The highest BCUT2D eigenvalue weighted by Gasteiger charge is 2.23. The molecule has 0 aromatic heterocycles. The van der Waals surface area contributed by atoms with Crippen LogP contribution in [0.5, 0.6) is 11.5 Å². The van der Waals surface area contributed by atoms with Crippen LogP contribution in [0.4, 0.5) is 0 Å². The molecule has 0 saturated carbocycles. The zero-order valence-corrected chi connectivity index (χ0v) is 23.1. The number of rotatable bonds is 11. The van der Waals surface area contributed by atoms with Gasteiger partial charge in [-0.1, -0.05) is 12.1 Å². The molecule has 0 radical (unpaired) electrons. The molecule has 2 rings (SSSR count). The topological polar surface area (TPSA) is 214 Å². The molecule has 0 aliphatic rings. The molecule has 0 aliphatic heterocycles. The third-order valence-corrected chi connectivity index (χ3v) is 7.16. The number of guanidine groups is 1. The van der Waals surface area contributed by atoms with Crippen molar-refractivity contribution in [2.45, 2.75) is 11.3 Å². The fraction of sp³-hybridized carbons (Fsp3) is 0.333. The van der Waals surface area contributed by atoms with Crippen LogP contribution in [0.3, 0.4) is 0 Å². The largest absolute Gasteiger partial charge is 0.456 e. The van der Waals surface area contributed by atoms with Crippen LogP contribution in [-0.2, 0) is 36.5 Å². The number of hydrogen-bond donors (Lipinski definition) is 3. The summed E-state index contributed by atoms with van der Waals surface area (Å²) in [6.07, 6.45) is 1.69. The Labute approximate surface area is 221 Å². The first kappa shape index (κ1) is 31.1. The standard InChI is InChI=1S/C21H28N4O10S3/c1-24(2)11-10-15-4-7-17(8-5-15)35-18-9-6-16(12-19(18)36(3,27)28)20(26)23-21(22)25(13-37(29,30)31)14-38(32,33)34/h4-9,12H,10-11,13-14H2,1-3H3,(H2,22,23,26)(H,29,30,31)(H,32,33,34). The number of likely N-dealkylation sites (N-methyl/N-ethyl adjacent to an activating group) is 1. The predicted molar refractivity (Wildman–Crippen MR) is 139 cm³/mol. The van der Waals surface area contributed by atoms with Gasteiger partial charge in [-0.2, -0.15) is 21.8 Å². The van der Waals surface area contributed by atoms with Crippen LogP contribution in [0.15, 0.2) is 52.4 Å². The fourth-order valence-corrected chi connectivity index (χ4v) is 5.19. The lowest BCUT2D eigenvalue weighted by molar-refractivity contribution is 0.100. The minimum absolute atomic E-state index is 0.0820. The Morgan fingerprint density at radius 3 is 1.97 bits per heavy atom. The maximum atomic E-state index is 12.6. The van der Waals surface area contributed by atoms with Crippen molar-refractivity contribution in [1.29, 1.82) is 0 Å². The van der Waals surface area contributed by atoms with Gasteiger partial charge in [0, 0.05) is 18.4 Å². The molecule has 14 nitrogen and oxygen atoms in total. The number of amides is 1. The molecule has 38 heavy (non-hydrogen) atoms. The quantitative estimate of drug-likeness (QED) is 0.184. The molecular weight excluding hydrogens is 564 g/mol. The van der Waals surface area contributed by atoms with E-state index in [1.807, 2.05) is 31.1 Å². The zero-order chi connectivity index (χ0) is 28.9. The monoisotopic (exact) mass is 592 g/mol. The van der Waals surface area contributed by atoms with E-state index < -0.39 is 53.7 Å². The maximum absolute atomic E-state index is 12.6. The van der Waals surface area contributed by atoms with Gasteiger partial charge in [0.1, 0.15) is 28.1 Å². The fourth-order valence-electron chi connectivity index (χ4n) is 3.02. The number of sulfone groups is 1. The molecule has 17 heteroatoms. The number of carbonyl (C=O) groups is 1. The lowest BCUT2D eigenvalue weighted by Crippen LogP contribution is -2.44. The van der Waals surface area contributed by atoms with E-state index in [0.717, 1.165) is 30.9 Å². The Hall–Kier alpha value is -3.09. The Balaban J connectivity index is 2.36. The number of aliphatic imine (C=N–C) groups is 1. The van der Waals surface area contributed by atoms with Gasteiger partial charge in [0.25, 0.3) is 26.1 Å². The van der Waals surface area contributed by atoms with Crippen LogP contribution in [0, 0.1) is 0 Å². The maximum Gasteiger partial charge on any atom is 0.283 e. The SMILES string of the molecule is CN(C)CCc1ccc(Oc2ccc(C(=O)N=C(N)N(CS(=O)(=O)O)CS(=O)(=O)O)cc2S(C)(=O)=O)cc1. The van der Waals surface area contributed by atoms with Gasteiger partial charge in [-0.3, -0.25) is 13.9 Å². The van der Waals surface area contributed by atoms with E-state index in [1.165, 1.54) is 12.1 Å². The second-order valence-corrected chi connectivity index (χ2v) is 13.3. The van der Waals surface area contributed by atoms with Crippen LogP contribution in [0.2, 0.25) is 0 Å². The van der Waals surface area contributed by atoms with Crippen molar-refractivity contribution >= 4 is 41.9 Å². The smallest absolute Gasteiger partial charge is 0.283 e. The first-order valence-electron chi connectivity index (χ1n) is 10.6. The van der Waals surface area contributed by atoms with E-state index in [-0.39, 0.29) is 21.1 Å². The summed E-state index contributed by atoms with van der Waals surface area (Å²) >= 11 is 0. The summed E-state index contributed by atoms with van der Waals surface area (Å²) in [5, 5.41) is 0. The van der Waals surface area contributed by atoms with Crippen molar-refractivity contribution in [3.8, 4) is 11.5 Å². The van der Waals surface area contributed by atoms with Crippen LogP contribution >= 0.6 is 0 Å². The molecule has 0 bridgehead atoms. The molecule has 2 aromatic carbocycles. The lowest BCUT2D eigenvalue weighted by atomic mass is 10.1. The van der Waals surface area contributed by atoms with E-state index in [9.17, 15) is 30.0 Å². The summed E-state index contributed by atoms with van der Waals surface area (Å²) < 4.78 is 93.2. The van der Waals surface area contributed by atoms with E-state index in [4.69, 9.17) is 19.6 Å². The van der Waals surface area contributed by atoms with Crippen LogP contribution in [0.25, 0.3) is 0 Å². The molecule has 0 atom stereocenters. The second-order valence-electron chi connectivity index (χ2n) is 8.47. The first-order chi connectivity index (χ1) is 17.3. The number of hydrogen-bond acceptors (Lipinski definition) is 9. The van der Waals surface area contributed by atoms with E-state index in [0.29, 0.717) is 5.75 Å². The highest BCUT2D eigenvalue weighted by molar-refractivity contribution is 7.90. The molecule has 0 heterocycles. The Bertz CT molecular complexity index is 1490. The van der Waals surface area contributed by atoms with Gasteiger partial charge in [0.05, 0.1) is 0 Å². The molecule has 0 aliphatic carbocycles. The predicted octanol–water partition coefficient (Wildman–Crippen LogP) is 0.434. The second kappa shape index (κ2) is 12.2. The highest BCUT2D eigenvalue weighted by Crippen LogP contribution is 2.30. The van der Waals surface area contributed by atoms with E-state index >= 15 is 0 Å². The Kier molecular flexibility index (Phi) is 9.98. The summed E-state index contributed by atoms with van der Waals surface area (Å²) in [5.74, 6) is -4.67. The number of nitrogens with zero attached hydrogens (tertiary/aromatic N) is 3. The molecule has 0 saturated heterocycles. The number of nitrogens with two attached hydrogens (primary N) is 1. The Morgan fingerprint density at radius 2 is 1.50 bits per heavy atom. The molecular formula is C21H28N4O10S3. The highest BCUT2D eigenvalue weighted by atomic mass is 32.2. The van der Waals surface area contributed by atoms with Crippen LogP contribution < -0.4 is 10.5 Å². The molecule has 4 N–H and O–H groups in total. The molecule has 2 aromatic rings. The molecule has 0 spiro atoms. The molecule has 210 valence electrons. The summed E-state index contributed by atoms with van der Waals surface area (Å²) in [6.45, 7) is 0.838. The number of benzene rings is 2. The third-order valence-electron chi connectivity index (χ3n) is 4.77. The van der Waals surface area contributed by atoms with Crippen LogP contribution in [-0.4, -0.2) is 94.7 Å². The average molecular weight is 593 g/mol. The van der Waals surface area contributed by atoms with E-state index in [1.54, 1.807) is 12.1 Å². The van der Waals surface area contributed by atoms with Crippen molar-refractivity contribution in [2.24, 2.45) is 10.7 Å². The normalized spacial score (nSPS) is 12.9. The van der Waals surface area contributed by atoms with Crippen molar-refractivity contribution in [3.05, 3.63) is 53.6 Å². The van der Waals surface area contributed by atoms with Crippen molar-refractivity contribution in [2.75, 3.05) is 38.6 Å². The summed E-state index contributed by atoms with van der Waals surface area (Å²) in [4.78, 5) is 17.9. The van der Waals surface area contributed by atoms with Crippen molar-refractivity contribution < 1.29 is 43.9 Å². The van der Waals surface area contributed by atoms with Gasteiger partial charge in [0.2, 0.25) is 5.96 Å². The zero-order valence-electron chi connectivity index (χ0n) is 20.7. The van der Waals surface area contributed by atoms with E-state index in [2.05, 4.69) is 4.99 Å². The molecule has 0 unspecified atom stereocenters. The van der Waals surface area contributed by atoms with Gasteiger partial charge in [0.15, 0.2) is 9.84 Å². The number of carbonyl (C=O) groups excluding carboxylic acids is 1. The Morgan fingerprint density at radius 1 is 0.947 bits per heavy atom. The van der Waals surface area contributed by atoms with Crippen LogP contribution in [0.1, 0.15) is 15.9 Å². The first-order valence-corrected chi connectivity index (χ1v) is 15.7. The van der Waals surface area contributed by atoms with Crippen molar-refractivity contribution in [3.63, 3.8) is 0 Å². The third kappa shape index (κ3) is 10.3. The van der Waals surface area contributed by atoms with Gasteiger partial charge in [-0.25, -0.2) is 8.42 Å². The van der Waals surface area contributed by atoms with Gasteiger partial charge < -0.3 is 20.3 Å². The van der Waals surface area contributed by atoms with Crippen molar-refractivity contribution in [1.82, 2.24) is 9.80 Å². The van der Waals surface area contributed by atoms with Gasteiger partial charge in [-0.05, 0) is 56.4 Å². The summed E-state index contributed by atoms with van der Waals surface area (Å²) in [5.41, 5.74) is 6.27. The molecule has 0 fully saturated rings. The minimum atomic E-state index is -4.83.